The molecule has 0 aromatic carbocycles. The average Bonchev–Trinajstić information content (AvgIpc) is 3.25. The van der Waals surface area contributed by atoms with E-state index in [0.717, 1.165) is 32.1 Å². The van der Waals surface area contributed by atoms with E-state index in [1.165, 1.54) is 32.1 Å². The molecule has 0 aromatic heterocycles. The van der Waals surface area contributed by atoms with Crippen molar-refractivity contribution in [1.29, 1.82) is 0 Å². The van der Waals surface area contributed by atoms with Gasteiger partial charge in [0.15, 0.2) is 0 Å². The Morgan fingerprint density at radius 1 is 1.22 bits per heavy atom. The first-order valence-corrected chi connectivity index (χ1v) is 9.46. The third-order valence-electron chi connectivity index (χ3n) is 5.51. The van der Waals surface area contributed by atoms with Gasteiger partial charge in [0.2, 0.25) is 5.79 Å². The third-order valence-corrected chi connectivity index (χ3v) is 5.51. The van der Waals surface area contributed by atoms with Gasteiger partial charge < -0.3 is 4.74 Å². The first kappa shape index (κ1) is 18.7. The van der Waals surface area contributed by atoms with Crippen molar-refractivity contribution in [2.75, 3.05) is 0 Å². The minimum Gasteiger partial charge on any atom is -0.459 e. The fourth-order valence-electron chi connectivity index (χ4n) is 3.65. The zero-order valence-electron chi connectivity index (χ0n) is 15.4. The molecule has 0 spiro atoms. The highest BCUT2D eigenvalue weighted by molar-refractivity contribution is 5.72. The Hall–Kier alpha value is -0.610. The summed E-state index contributed by atoms with van der Waals surface area (Å²) in [5, 5.41) is 0. The van der Waals surface area contributed by atoms with E-state index in [9.17, 15) is 4.79 Å². The Labute approximate surface area is 141 Å². The van der Waals surface area contributed by atoms with Crippen molar-refractivity contribution in [1.82, 2.24) is 0 Å². The maximum atomic E-state index is 12.7. The van der Waals surface area contributed by atoms with Gasteiger partial charge in [-0.2, -0.15) is 9.78 Å². The summed E-state index contributed by atoms with van der Waals surface area (Å²) in [4.78, 5) is 22.7. The largest absolute Gasteiger partial charge is 0.459 e. The zero-order valence-corrected chi connectivity index (χ0v) is 15.4. The SMILES string of the molecule is CCCCC(CCC1(C)OO1)C(=O)OC(C)(C)C1CCCCC1. The van der Waals surface area contributed by atoms with Gasteiger partial charge in [-0.3, -0.25) is 4.79 Å². The summed E-state index contributed by atoms with van der Waals surface area (Å²) in [6.45, 7) is 8.25. The number of esters is 1. The van der Waals surface area contributed by atoms with Crippen LogP contribution in [0, 0.1) is 11.8 Å². The monoisotopic (exact) mass is 326 g/mol. The fourth-order valence-corrected chi connectivity index (χ4v) is 3.65. The number of ether oxygens (including phenoxy) is 1. The quantitative estimate of drug-likeness (QED) is 0.334. The van der Waals surface area contributed by atoms with Gasteiger partial charge in [0, 0.05) is 6.42 Å². The molecule has 1 heterocycles. The predicted molar refractivity (Wildman–Crippen MR) is 89.6 cm³/mol. The molecule has 2 fully saturated rings. The van der Waals surface area contributed by atoms with Crippen molar-refractivity contribution in [3.05, 3.63) is 0 Å². The minimum absolute atomic E-state index is 0.0294. The molecule has 2 aliphatic rings. The Kier molecular flexibility index (Phi) is 6.49. The normalized spacial score (nSPS) is 22.6. The van der Waals surface area contributed by atoms with Crippen LogP contribution in [0.5, 0.6) is 0 Å². The van der Waals surface area contributed by atoms with E-state index in [2.05, 4.69) is 20.8 Å². The molecule has 1 aliphatic heterocycles. The third kappa shape index (κ3) is 5.75. The van der Waals surface area contributed by atoms with Crippen LogP contribution in [0.3, 0.4) is 0 Å². The minimum atomic E-state index is -0.469. The Morgan fingerprint density at radius 3 is 2.43 bits per heavy atom. The summed E-state index contributed by atoms with van der Waals surface area (Å²) >= 11 is 0. The molecule has 1 unspecified atom stereocenters. The van der Waals surface area contributed by atoms with Crippen LogP contribution in [0.1, 0.15) is 91.9 Å². The van der Waals surface area contributed by atoms with E-state index in [-0.39, 0.29) is 17.5 Å². The van der Waals surface area contributed by atoms with Gasteiger partial charge in [-0.25, -0.2) is 0 Å². The smallest absolute Gasteiger partial charge is 0.309 e. The molecule has 23 heavy (non-hydrogen) atoms. The van der Waals surface area contributed by atoms with E-state index >= 15 is 0 Å². The van der Waals surface area contributed by atoms with Crippen molar-refractivity contribution < 1.29 is 19.3 Å². The van der Waals surface area contributed by atoms with Crippen LogP contribution in [0.15, 0.2) is 0 Å². The highest BCUT2D eigenvalue weighted by Gasteiger charge is 2.44. The van der Waals surface area contributed by atoms with Gasteiger partial charge in [0.1, 0.15) is 5.60 Å². The van der Waals surface area contributed by atoms with Crippen molar-refractivity contribution in [2.45, 2.75) is 103 Å². The fraction of sp³-hybridized carbons (Fsp3) is 0.947. The van der Waals surface area contributed by atoms with Crippen molar-refractivity contribution in [2.24, 2.45) is 11.8 Å². The molecule has 4 nitrogen and oxygen atoms in total. The van der Waals surface area contributed by atoms with Gasteiger partial charge >= 0.3 is 5.97 Å². The lowest BCUT2D eigenvalue weighted by atomic mass is 9.78. The van der Waals surface area contributed by atoms with Gasteiger partial charge in [-0.15, -0.1) is 0 Å². The molecular formula is C19H34O4. The number of rotatable bonds is 9. The number of carbonyl (C=O) groups excluding carboxylic acids is 1. The number of carbonyl (C=O) groups is 1. The highest BCUT2D eigenvalue weighted by Crippen LogP contribution is 2.38. The Balaban J connectivity index is 1.89. The Morgan fingerprint density at radius 2 is 1.87 bits per heavy atom. The summed E-state index contributed by atoms with van der Waals surface area (Å²) in [6.07, 6.45) is 10.8. The molecule has 0 aromatic rings. The van der Waals surface area contributed by atoms with Crippen LogP contribution in [-0.4, -0.2) is 17.4 Å². The van der Waals surface area contributed by atoms with E-state index in [0.29, 0.717) is 5.92 Å². The molecule has 4 heteroatoms. The lowest BCUT2D eigenvalue weighted by molar-refractivity contribution is -0.168. The summed E-state index contributed by atoms with van der Waals surface area (Å²) in [7, 11) is 0. The number of hydrogen-bond acceptors (Lipinski definition) is 4. The van der Waals surface area contributed by atoms with Crippen LogP contribution < -0.4 is 0 Å². The Bertz CT molecular complexity index is 381. The molecule has 1 aliphatic carbocycles. The zero-order chi connectivity index (χ0) is 16.9. The first-order valence-electron chi connectivity index (χ1n) is 9.46. The van der Waals surface area contributed by atoms with Crippen LogP contribution in [0.2, 0.25) is 0 Å². The highest BCUT2D eigenvalue weighted by atomic mass is 17.4. The van der Waals surface area contributed by atoms with Crippen LogP contribution >= 0.6 is 0 Å². The summed E-state index contributed by atoms with van der Waals surface area (Å²) in [5.41, 5.74) is -0.349. The second kappa shape index (κ2) is 7.98. The molecular weight excluding hydrogens is 292 g/mol. The summed E-state index contributed by atoms with van der Waals surface area (Å²) < 4.78 is 6.00. The van der Waals surface area contributed by atoms with E-state index in [4.69, 9.17) is 14.5 Å². The lowest BCUT2D eigenvalue weighted by Gasteiger charge is -2.37. The van der Waals surface area contributed by atoms with Crippen molar-refractivity contribution in [3.63, 3.8) is 0 Å². The molecule has 0 amide bonds. The molecule has 0 N–H and O–H groups in total. The van der Waals surface area contributed by atoms with Gasteiger partial charge in [-0.1, -0.05) is 39.0 Å². The molecule has 0 bridgehead atoms. The van der Waals surface area contributed by atoms with Crippen molar-refractivity contribution in [3.8, 4) is 0 Å². The van der Waals surface area contributed by atoms with E-state index in [1.54, 1.807) is 0 Å². The lowest BCUT2D eigenvalue weighted by Crippen LogP contribution is -2.39. The molecule has 0 radical (unpaired) electrons. The predicted octanol–water partition coefficient (Wildman–Crippen LogP) is 5.15. The van der Waals surface area contributed by atoms with E-state index in [1.807, 2.05) is 6.92 Å². The molecule has 134 valence electrons. The second-order valence-electron chi connectivity index (χ2n) is 8.04. The van der Waals surface area contributed by atoms with Crippen LogP contribution in [0.4, 0.5) is 0 Å². The average molecular weight is 326 g/mol. The summed E-state index contributed by atoms with van der Waals surface area (Å²) in [5.74, 6) is -0.0377. The van der Waals surface area contributed by atoms with Gasteiger partial charge in [0.25, 0.3) is 0 Å². The standard InChI is InChI=1S/C19H34O4/c1-5-6-10-15(13-14-19(4)22-23-19)17(20)21-18(2,3)16-11-8-7-9-12-16/h15-16H,5-14H2,1-4H3. The van der Waals surface area contributed by atoms with Crippen molar-refractivity contribution >= 4 is 5.97 Å². The first-order chi connectivity index (χ1) is 10.9. The van der Waals surface area contributed by atoms with E-state index < -0.39 is 5.79 Å². The number of hydrogen-bond donors (Lipinski definition) is 0. The van der Waals surface area contributed by atoms with Crippen LogP contribution in [0.25, 0.3) is 0 Å². The second-order valence-corrected chi connectivity index (χ2v) is 8.04. The van der Waals surface area contributed by atoms with Gasteiger partial charge in [-0.05, 0) is 52.4 Å². The molecule has 2 rings (SSSR count). The van der Waals surface area contributed by atoms with Gasteiger partial charge in [0.05, 0.1) is 5.92 Å². The molecule has 1 saturated heterocycles. The molecule has 1 saturated carbocycles. The molecule has 1 atom stereocenters. The topological polar surface area (TPSA) is 51.4 Å². The maximum Gasteiger partial charge on any atom is 0.309 e. The number of unbranched alkanes of at least 4 members (excludes halogenated alkanes) is 1. The maximum absolute atomic E-state index is 12.7. The van der Waals surface area contributed by atoms with Crippen LogP contribution in [-0.2, 0) is 19.3 Å². The summed E-state index contributed by atoms with van der Waals surface area (Å²) in [6, 6.07) is 0.